The molecule has 2 aliphatic rings. The van der Waals surface area contributed by atoms with Crippen LogP contribution in [0.4, 0.5) is 4.39 Å². The van der Waals surface area contributed by atoms with E-state index in [2.05, 4.69) is 29.1 Å². The summed E-state index contributed by atoms with van der Waals surface area (Å²) in [6, 6.07) is 8.37. The number of fused-ring (bicyclic) bond motifs is 3. The minimum absolute atomic E-state index is 0.157. The fourth-order valence-corrected chi connectivity index (χ4v) is 4.76. The Kier molecular flexibility index (Phi) is 5.07. The summed E-state index contributed by atoms with van der Waals surface area (Å²) >= 11 is 0. The van der Waals surface area contributed by atoms with Crippen molar-refractivity contribution in [1.29, 1.82) is 0 Å². The second-order valence-electron chi connectivity index (χ2n) is 9.70. The van der Waals surface area contributed by atoms with Crippen LogP contribution in [0.2, 0.25) is 0 Å². The first-order valence-electron chi connectivity index (χ1n) is 11.3. The zero-order chi connectivity index (χ0) is 23.3. The number of hydrogen-bond donors (Lipinski definition) is 2. The molecule has 3 aromatic rings. The molecule has 2 aromatic heterocycles. The number of aromatic nitrogens is 2. The lowest BCUT2D eigenvalue weighted by atomic mass is 9.82. The number of aromatic amines is 1. The zero-order valence-electron chi connectivity index (χ0n) is 19.0. The van der Waals surface area contributed by atoms with Crippen LogP contribution in [0.25, 0.3) is 16.6 Å². The molecule has 1 aromatic carbocycles. The molecular weight excluding hydrogens is 419 g/mol. The molecule has 0 unspecified atom stereocenters. The van der Waals surface area contributed by atoms with E-state index >= 15 is 0 Å². The van der Waals surface area contributed by atoms with Crippen LogP contribution in [-0.4, -0.2) is 39.3 Å². The standard InChI is InChI=1S/C26H27FN4O2/c1-15-12-16(9-10-20(15)27)25(33)31-13-19(24(32)29-17-6-4-7-17)22-21(26(2,3)14-31)18-8-5-11-28-23(18)30-22/h5,8-13,17H,4,6-7,14H2,1-3H3,(H,28,30)(H,29,32). The molecule has 0 saturated heterocycles. The Balaban J connectivity index is 1.64. The van der Waals surface area contributed by atoms with Crippen molar-refractivity contribution in [1.82, 2.24) is 20.2 Å². The van der Waals surface area contributed by atoms with Crippen molar-refractivity contribution in [3.63, 3.8) is 0 Å². The quantitative estimate of drug-likeness (QED) is 0.624. The Morgan fingerprint density at radius 2 is 2.03 bits per heavy atom. The number of halogens is 1. The van der Waals surface area contributed by atoms with Crippen LogP contribution in [0.5, 0.6) is 0 Å². The van der Waals surface area contributed by atoms with Gasteiger partial charge in [0.2, 0.25) is 0 Å². The van der Waals surface area contributed by atoms with Crippen LogP contribution >= 0.6 is 0 Å². The predicted octanol–water partition coefficient (Wildman–Crippen LogP) is 4.45. The van der Waals surface area contributed by atoms with Crippen molar-refractivity contribution >= 4 is 28.4 Å². The van der Waals surface area contributed by atoms with Crippen LogP contribution in [0, 0.1) is 12.7 Å². The number of nitrogens with one attached hydrogen (secondary N) is 2. The molecule has 0 atom stereocenters. The normalized spacial score (nSPS) is 17.7. The van der Waals surface area contributed by atoms with E-state index in [4.69, 9.17) is 0 Å². The minimum atomic E-state index is -0.476. The highest BCUT2D eigenvalue weighted by Gasteiger charge is 2.38. The second-order valence-corrected chi connectivity index (χ2v) is 9.70. The molecule has 1 aliphatic heterocycles. The summed E-state index contributed by atoms with van der Waals surface area (Å²) in [5.41, 5.74) is 3.10. The molecule has 2 N–H and O–H groups in total. The second kappa shape index (κ2) is 7.83. The highest BCUT2D eigenvalue weighted by Crippen LogP contribution is 2.40. The van der Waals surface area contributed by atoms with Crippen molar-refractivity contribution in [3.05, 3.63) is 70.9 Å². The van der Waals surface area contributed by atoms with Crippen molar-refractivity contribution in [2.24, 2.45) is 0 Å². The Bertz CT molecular complexity index is 1300. The number of amides is 2. The van der Waals surface area contributed by atoms with E-state index in [-0.39, 0.29) is 23.7 Å². The maximum Gasteiger partial charge on any atom is 0.257 e. The molecule has 1 saturated carbocycles. The van der Waals surface area contributed by atoms with E-state index in [0.29, 0.717) is 34.6 Å². The molecule has 2 amide bonds. The third-order valence-electron chi connectivity index (χ3n) is 6.72. The SMILES string of the molecule is Cc1cc(C(=O)N2C=C(C(=O)NC3CCC3)c3[nH]c4ncccc4c3C(C)(C)C2)ccc1F. The van der Waals surface area contributed by atoms with E-state index in [1.54, 1.807) is 30.3 Å². The lowest BCUT2D eigenvalue weighted by molar-refractivity contribution is -0.116. The first-order chi connectivity index (χ1) is 15.7. The first kappa shape index (κ1) is 21.4. The van der Waals surface area contributed by atoms with Crippen molar-refractivity contribution in [3.8, 4) is 0 Å². The molecule has 1 aliphatic carbocycles. The molecule has 0 spiro atoms. The summed E-state index contributed by atoms with van der Waals surface area (Å²) in [7, 11) is 0. The van der Waals surface area contributed by atoms with Gasteiger partial charge < -0.3 is 15.2 Å². The summed E-state index contributed by atoms with van der Waals surface area (Å²) in [6.07, 6.45) is 6.38. The summed E-state index contributed by atoms with van der Waals surface area (Å²) in [5.74, 6) is -0.834. The molecule has 5 rings (SSSR count). The van der Waals surface area contributed by atoms with Gasteiger partial charge in [0.05, 0.1) is 11.3 Å². The van der Waals surface area contributed by atoms with Crippen molar-refractivity contribution in [2.75, 3.05) is 6.54 Å². The van der Waals surface area contributed by atoms with Crippen molar-refractivity contribution < 1.29 is 14.0 Å². The summed E-state index contributed by atoms with van der Waals surface area (Å²) in [6.45, 7) is 6.11. The van der Waals surface area contributed by atoms with Gasteiger partial charge in [-0.3, -0.25) is 9.59 Å². The summed E-state index contributed by atoms with van der Waals surface area (Å²) in [4.78, 5) is 36.3. The predicted molar refractivity (Wildman–Crippen MR) is 125 cm³/mol. The van der Waals surface area contributed by atoms with Gasteiger partial charge in [-0.15, -0.1) is 0 Å². The van der Waals surface area contributed by atoms with Gasteiger partial charge in [-0.2, -0.15) is 0 Å². The molecular formula is C26H27FN4O2. The molecule has 3 heterocycles. The number of aryl methyl sites for hydroxylation is 1. The number of carbonyl (C=O) groups excluding carboxylic acids is 2. The highest BCUT2D eigenvalue weighted by molar-refractivity contribution is 6.21. The van der Waals surface area contributed by atoms with Crippen LogP contribution in [0.1, 0.15) is 60.3 Å². The number of carbonyl (C=O) groups is 2. The van der Waals surface area contributed by atoms with Gasteiger partial charge in [-0.1, -0.05) is 13.8 Å². The largest absolute Gasteiger partial charge is 0.349 e. The highest BCUT2D eigenvalue weighted by atomic mass is 19.1. The fourth-order valence-electron chi connectivity index (χ4n) is 4.76. The molecule has 1 fully saturated rings. The monoisotopic (exact) mass is 446 g/mol. The van der Waals surface area contributed by atoms with E-state index in [1.807, 2.05) is 12.1 Å². The van der Waals surface area contributed by atoms with E-state index < -0.39 is 5.41 Å². The van der Waals surface area contributed by atoms with Gasteiger partial charge in [0.1, 0.15) is 11.5 Å². The van der Waals surface area contributed by atoms with Crippen molar-refractivity contribution in [2.45, 2.75) is 51.5 Å². The lowest BCUT2D eigenvalue weighted by Gasteiger charge is -2.29. The fraction of sp³-hybridized carbons (Fsp3) is 0.346. The van der Waals surface area contributed by atoms with Crippen LogP contribution < -0.4 is 5.32 Å². The van der Waals surface area contributed by atoms with E-state index in [1.165, 1.54) is 12.1 Å². The van der Waals surface area contributed by atoms with Gasteiger partial charge in [-0.05, 0) is 67.6 Å². The number of rotatable bonds is 3. The number of nitrogens with zero attached hydrogens (tertiary/aromatic N) is 2. The molecule has 7 heteroatoms. The van der Waals surface area contributed by atoms with Gasteiger partial charge in [0.15, 0.2) is 0 Å². The third kappa shape index (κ3) is 3.71. The Morgan fingerprint density at radius 3 is 2.73 bits per heavy atom. The summed E-state index contributed by atoms with van der Waals surface area (Å²) in [5, 5.41) is 4.04. The third-order valence-corrected chi connectivity index (χ3v) is 6.72. The van der Waals surface area contributed by atoms with Crippen LogP contribution in [-0.2, 0) is 10.2 Å². The van der Waals surface area contributed by atoms with Gasteiger partial charge >= 0.3 is 0 Å². The Hall–Kier alpha value is -3.48. The first-order valence-corrected chi connectivity index (χ1v) is 11.3. The van der Waals surface area contributed by atoms with E-state index in [9.17, 15) is 14.0 Å². The molecule has 6 nitrogen and oxygen atoms in total. The summed E-state index contributed by atoms with van der Waals surface area (Å²) < 4.78 is 13.8. The maximum atomic E-state index is 13.8. The molecule has 170 valence electrons. The van der Waals surface area contributed by atoms with E-state index in [0.717, 1.165) is 30.2 Å². The average molecular weight is 447 g/mol. The van der Waals surface area contributed by atoms with Gasteiger partial charge in [-0.25, -0.2) is 9.37 Å². The molecule has 0 radical (unpaired) electrons. The number of pyridine rings is 1. The topological polar surface area (TPSA) is 78.1 Å². The minimum Gasteiger partial charge on any atom is -0.349 e. The zero-order valence-corrected chi connectivity index (χ0v) is 19.0. The lowest BCUT2D eigenvalue weighted by Crippen LogP contribution is -2.40. The average Bonchev–Trinajstić information content (AvgIpc) is 3.10. The Morgan fingerprint density at radius 1 is 1.24 bits per heavy atom. The van der Waals surface area contributed by atoms with Gasteiger partial charge in [0, 0.05) is 41.3 Å². The van der Waals surface area contributed by atoms with Crippen LogP contribution in [0.15, 0.2) is 42.7 Å². The molecule has 33 heavy (non-hydrogen) atoms. The number of hydrogen-bond acceptors (Lipinski definition) is 3. The number of benzene rings is 1. The number of H-pyrrole nitrogens is 1. The maximum absolute atomic E-state index is 13.8. The van der Waals surface area contributed by atoms with Crippen LogP contribution in [0.3, 0.4) is 0 Å². The smallest absolute Gasteiger partial charge is 0.257 e. The van der Waals surface area contributed by atoms with Gasteiger partial charge in [0.25, 0.3) is 11.8 Å². The Labute approximate surface area is 191 Å². The molecule has 0 bridgehead atoms.